The predicted octanol–water partition coefficient (Wildman–Crippen LogP) is 6.16. The van der Waals surface area contributed by atoms with Gasteiger partial charge in [0.2, 0.25) is 0 Å². The van der Waals surface area contributed by atoms with E-state index in [-0.39, 0.29) is 11.4 Å². The number of nitrogens with one attached hydrogen (secondary N) is 1. The molecule has 1 fully saturated rings. The Kier molecular flexibility index (Phi) is 6.29. The van der Waals surface area contributed by atoms with Crippen molar-refractivity contribution in [2.75, 3.05) is 17.6 Å². The molecule has 1 saturated heterocycles. The fourth-order valence-electron chi connectivity index (χ4n) is 3.53. The number of anilines is 1. The number of amides is 2. The number of benzene rings is 3. The van der Waals surface area contributed by atoms with Crippen LogP contribution in [0.5, 0.6) is 5.75 Å². The maximum atomic E-state index is 13.0. The number of hydrogen-bond acceptors (Lipinski definition) is 3. The topological polar surface area (TPSA) is 41.6 Å². The first kappa shape index (κ1) is 20.4. The first-order valence-corrected chi connectivity index (χ1v) is 11.2. The molecule has 0 saturated carbocycles. The van der Waals surface area contributed by atoms with E-state index in [0.29, 0.717) is 6.61 Å². The van der Waals surface area contributed by atoms with Gasteiger partial charge < -0.3 is 15.0 Å². The minimum absolute atomic E-state index is 0.0182. The summed E-state index contributed by atoms with van der Waals surface area (Å²) in [5, 5.41) is 3.08. The number of carbonyl (C=O) groups is 1. The van der Waals surface area contributed by atoms with E-state index in [1.807, 2.05) is 60.4 Å². The fourth-order valence-corrected chi connectivity index (χ4v) is 4.77. The third kappa shape index (κ3) is 4.62. The van der Waals surface area contributed by atoms with Crippen LogP contribution in [-0.4, -0.2) is 23.2 Å². The molecule has 0 aromatic heterocycles. The van der Waals surface area contributed by atoms with Crippen LogP contribution >= 0.6 is 11.8 Å². The van der Waals surface area contributed by atoms with Crippen molar-refractivity contribution in [3.8, 4) is 5.75 Å². The highest BCUT2D eigenvalue weighted by molar-refractivity contribution is 7.99. The van der Waals surface area contributed by atoms with E-state index in [1.54, 1.807) is 11.8 Å². The molecule has 0 radical (unpaired) electrons. The molecule has 1 unspecified atom stereocenters. The number of thioether (sulfide) groups is 1. The van der Waals surface area contributed by atoms with Gasteiger partial charge in [-0.3, -0.25) is 0 Å². The monoisotopic (exact) mass is 418 g/mol. The zero-order chi connectivity index (χ0) is 20.9. The molecule has 4 nitrogen and oxygen atoms in total. The lowest BCUT2D eigenvalue weighted by molar-refractivity contribution is 0.214. The van der Waals surface area contributed by atoms with Crippen molar-refractivity contribution in [3.05, 3.63) is 95.1 Å². The Balaban J connectivity index is 1.46. The van der Waals surface area contributed by atoms with Crippen molar-refractivity contribution >= 4 is 23.5 Å². The summed E-state index contributed by atoms with van der Waals surface area (Å²) in [4.78, 5) is 14.9. The van der Waals surface area contributed by atoms with Crippen LogP contribution in [0.4, 0.5) is 10.5 Å². The van der Waals surface area contributed by atoms with E-state index in [0.717, 1.165) is 40.4 Å². The lowest BCUT2D eigenvalue weighted by Gasteiger charge is -2.25. The van der Waals surface area contributed by atoms with Gasteiger partial charge in [-0.15, -0.1) is 11.8 Å². The largest absolute Gasteiger partial charge is 0.489 e. The van der Waals surface area contributed by atoms with Gasteiger partial charge in [-0.1, -0.05) is 54.6 Å². The Labute approximate surface area is 182 Å². The third-order valence-corrected chi connectivity index (χ3v) is 6.65. The third-order valence-electron chi connectivity index (χ3n) is 5.39. The lowest BCUT2D eigenvalue weighted by Crippen LogP contribution is -2.34. The van der Waals surface area contributed by atoms with E-state index in [9.17, 15) is 4.79 Å². The zero-order valence-corrected chi connectivity index (χ0v) is 18.1. The summed E-state index contributed by atoms with van der Waals surface area (Å²) in [5.41, 5.74) is 5.36. The molecular weight excluding hydrogens is 392 g/mol. The molecule has 0 spiro atoms. The van der Waals surface area contributed by atoms with Gasteiger partial charge in [-0.05, 0) is 54.3 Å². The normalized spacial score (nSPS) is 15.8. The van der Waals surface area contributed by atoms with Gasteiger partial charge in [0, 0.05) is 18.0 Å². The molecule has 1 N–H and O–H groups in total. The number of hydrogen-bond donors (Lipinski definition) is 1. The summed E-state index contributed by atoms with van der Waals surface area (Å²) in [6, 6.07) is 24.1. The van der Waals surface area contributed by atoms with Gasteiger partial charge in [0.25, 0.3) is 0 Å². The lowest BCUT2D eigenvalue weighted by atomic mass is 10.1. The molecule has 3 aromatic carbocycles. The highest BCUT2D eigenvalue weighted by Crippen LogP contribution is 2.39. The molecule has 154 valence electrons. The molecule has 0 bridgehead atoms. The zero-order valence-electron chi connectivity index (χ0n) is 17.3. The molecule has 30 heavy (non-hydrogen) atoms. The molecule has 1 atom stereocenters. The standard InChI is InChI=1S/C25H26N2O2S/c1-18-8-6-13-23(19(18)2)26-25(28)27-14-15-30-24(27)21-11-7-12-22(16-21)29-17-20-9-4-3-5-10-20/h3-13,16,24H,14-15,17H2,1-2H3,(H,26,28). The van der Waals surface area contributed by atoms with Crippen LogP contribution < -0.4 is 10.1 Å². The van der Waals surface area contributed by atoms with Crippen molar-refractivity contribution in [2.24, 2.45) is 0 Å². The molecule has 4 rings (SSSR count). The molecule has 1 aliphatic rings. The van der Waals surface area contributed by atoms with Crippen LogP contribution in [0.3, 0.4) is 0 Å². The maximum Gasteiger partial charge on any atom is 0.323 e. The van der Waals surface area contributed by atoms with Gasteiger partial charge in [0.15, 0.2) is 0 Å². The van der Waals surface area contributed by atoms with Gasteiger partial charge in [0.05, 0.1) is 0 Å². The highest BCUT2D eigenvalue weighted by atomic mass is 32.2. The van der Waals surface area contributed by atoms with Gasteiger partial charge in [-0.2, -0.15) is 0 Å². The van der Waals surface area contributed by atoms with Crippen molar-refractivity contribution in [2.45, 2.75) is 25.8 Å². The SMILES string of the molecule is Cc1cccc(NC(=O)N2CCSC2c2cccc(OCc3ccccc3)c2)c1C. The molecule has 0 aliphatic carbocycles. The molecule has 3 aromatic rings. The summed E-state index contributed by atoms with van der Waals surface area (Å²) in [6.45, 7) is 5.34. The van der Waals surface area contributed by atoms with Crippen molar-refractivity contribution < 1.29 is 9.53 Å². The maximum absolute atomic E-state index is 13.0. The van der Waals surface area contributed by atoms with E-state index in [2.05, 4.69) is 36.5 Å². The van der Waals surface area contributed by atoms with Crippen molar-refractivity contribution in [1.29, 1.82) is 0 Å². The fraction of sp³-hybridized carbons (Fsp3) is 0.240. The van der Waals surface area contributed by atoms with E-state index < -0.39 is 0 Å². The van der Waals surface area contributed by atoms with E-state index in [4.69, 9.17) is 4.74 Å². The molecular formula is C25H26N2O2S. The Morgan fingerprint density at radius 3 is 2.70 bits per heavy atom. The number of urea groups is 1. The average Bonchev–Trinajstić information content (AvgIpc) is 3.27. The first-order valence-electron chi connectivity index (χ1n) is 10.1. The number of nitrogens with zero attached hydrogens (tertiary/aromatic N) is 1. The number of carbonyl (C=O) groups excluding carboxylic acids is 1. The second-order valence-corrected chi connectivity index (χ2v) is 8.63. The second-order valence-electron chi connectivity index (χ2n) is 7.44. The van der Waals surface area contributed by atoms with Crippen LogP contribution in [0, 0.1) is 13.8 Å². The van der Waals surface area contributed by atoms with Crippen LogP contribution in [0.1, 0.15) is 27.6 Å². The minimum atomic E-state index is -0.0608. The summed E-state index contributed by atoms with van der Waals surface area (Å²) in [7, 11) is 0. The van der Waals surface area contributed by atoms with Crippen LogP contribution in [0.2, 0.25) is 0 Å². The molecule has 5 heteroatoms. The minimum Gasteiger partial charge on any atom is -0.489 e. The van der Waals surface area contributed by atoms with E-state index in [1.165, 1.54) is 5.56 Å². The van der Waals surface area contributed by atoms with Crippen LogP contribution in [0.25, 0.3) is 0 Å². The highest BCUT2D eigenvalue weighted by Gasteiger charge is 2.31. The summed E-state index contributed by atoms with van der Waals surface area (Å²) in [5.74, 6) is 1.73. The Morgan fingerprint density at radius 2 is 1.87 bits per heavy atom. The number of ether oxygens (including phenoxy) is 1. The van der Waals surface area contributed by atoms with Crippen LogP contribution in [0.15, 0.2) is 72.8 Å². The van der Waals surface area contributed by atoms with Crippen LogP contribution in [-0.2, 0) is 6.61 Å². The summed E-state index contributed by atoms with van der Waals surface area (Å²) >= 11 is 1.78. The van der Waals surface area contributed by atoms with Crippen molar-refractivity contribution in [3.63, 3.8) is 0 Å². The smallest absolute Gasteiger partial charge is 0.323 e. The Morgan fingerprint density at radius 1 is 1.07 bits per heavy atom. The second kappa shape index (κ2) is 9.26. The summed E-state index contributed by atoms with van der Waals surface area (Å²) in [6.07, 6.45) is 0. The Hall–Kier alpha value is -2.92. The van der Waals surface area contributed by atoms with Gasteiger partial charge >= 0.3 is 6.03 Å². The van der Waals surface area contributed by atoms with Gasteiger partial charge in [-0.25, -0.2) is 4.79 Å². The first-order chi connectivity index (χ1) is 14.6. The number of rotatable bonds is 5. The van der Waals surface area contributed by atoms with E-state index >= 15 is 0 Å². The average molecular weight is 419 g/mol. The Bertz CT molecular complexity index is 1020. The van der Waals surface area contributed by atoms with Gasteiger partial charge in [0.1, 0.15) is 17.7 Å². The number of aryl methyl sites for hydroxylation is 1. The summed E-state index contributed by atoms with van der Waals surface area (Å²) < 4.78 is 5.98. The van der Waals surface area contributed by atoms with Crippen molar-refractivity contribution in [1.82, 2.24) is 4.90 Å². The quantitative estimate of drug-likeness (QED) is 0.539. The predicted molar refractivity (Wildman–Crippen MR) is 124 cm³/mol. The molecule has 1 heterocycles. The molecule has 1 aliphatic heterocycles. The molecule has 2 amide bonds.